The zero-order valence-corrected chi connectivity index (χ0v) is 6.46. The predicted molar refractivity (Wildman–Crippen MR) is 37.8 cm³/mol. The molecule has 0 unspecified atom stereocenters. The van der Waals surface area contributed by atoms with Gasteiger partial charge in [-0.1, -0.05) is 0 Å². The summed E-state index contributed by atoms with van der Waals surface area (Å²) in [6, 6.07) is 0.437. The topological polar surface area (TPSA) is 29.5 Å². The standard InChI is InChI=1S/C7H13NO2/c1-8(7(9)10-2)6-4-3-5-6/h6H,3-5H2,1-2H3. The van der Waals surface area contributed by atoms with Gasteiger partial charge in [0.25, 0.3) is 0 Å². The van der Waals surface area contributed by atoms with Crippen LogP contribution in [-0.2, 0) is 4.74 Å². The van der Waals surface area contributed by atoms with Gasteiger partial charge < -0.3 is 9.64 Å². The predicted octanol–water partition coefficient (Wildman–Crippen LogP) is 1.24. The first-order valence-electron chi connectivity index (χ1n) is 3.56. The van der Waals surface area contributed by atoms with E-state index in [1.807, 2.05) is 0 Å². The number of carbonyl (C=O) groups excluding carboxylic acids is 1. The Morgan fingerprint density at radius 1 is 1.60 bits per heavy atom. The van der Waals surface area contributed by atoms with Crippen LogP contribution in [0.2, 0.25) is 0 Å². The molecule has 0 aromatic heterocycles. The monoisotopic (exact) mass is 143 g/mol. The minimum absolute atomic E-state index is 0.218. The van der Waals surface area contributed by atoms with Crippen molar-refractivity contribution < 1.29 is 9.53 Å². The van der Waals surface area contributed by atoms with Gasteiger partial charge in [0.05, 0.1) is 7.11 Å². The first-order valence-corrected chi connectivity index (χ1v) is 3.56. The highest BCUT2D eigenvalue weighted by Gasteiger charge is 2.25. The van der Waals surface area contributed by atoms with Crippen LogP contribution >= 0.6 is 0 Å². The van der Waals surface area contributed by atoms with E-state index in [0.717, 1.165) is 12.8 Å². The Morgan fingerprint density at radius 3 is 2.50 bits per heavy atom. The van der Waals surface area contributed by atoms with E-state index in [4.69, 9.17) is 0 Å². The Bertz CT molecular complexity index is 132. The largest absolute Gasteiger partial charge is 0.453 e. The van der Waals surface area contributed by atoms with E-state index in [2.05, 4.69) is 4.74 Å². The molecule has 3 nitrogen and oxygen atoms in total. The van der Waals surface area contributed by atoms with Crippen molar-refractivity contribution in [3.05, 3.63) is 0 Å². The lowest BCUT2D eigenvalue weighted by molar-refractivity contribution is 0.0969. The smallest absolute Gasteiger partial charge is 0.409 e. The molecule has 0 atom stereocenters. The molecule has 0 radical (unpaired) electrons. The molecule has 0 N–H and O–H groups in total. The van der Waals surface area contributed by atoms with Gasteiger partial charge in [0, 0.05) is 13.1 Å². The van der Waals surface area contributed by atoms with Crippen molar-refractivity contribution in [2.24, 2.45) is 0 Å². The van der Waals surface area contributed by atoms with Gasteiger partial charge in [0.1, 0.15) is 0 Å². The van der Waals surface area contributed by atoms with Crippen LogP contribution in [-0.4, -0.2) is 31.2 Å². The van der Waals surface area contributed by atoms with Crippen molar-refractivity contribution in [1.29, 1.82) is 0 Å². The van der Waals surface area contributed by atoms with E-state index in [-0.39, 0.29) is 6.09 Å². The van der Waals surface area contributed by atoms with Gasteiger partial charge in [0.15, 0.2) is 0 Å². The summed E-state index contributed by atoms with van der Waals surface area (Å²) < 4.78 is 4.56. The van der Waals surface area contributed by atoms with E-state index >= 15 is 0 Å². The number of nitrogens with zero attached hydrogens (tertiary/aromatic N) is 1. The van der Waals surface area contributed by atoms with Gasteiger partial charge in [-0.05, 0) is 19.3 Å². The molecule has 1 aliphatic rings. The third kappa shape index (κ3) is 1.23. The van der Waals surface area contributed by atoms with Gasteiger partial charge in [-0.3, -0.25) is 0 Å². The fourth-order valence-electron chi connectivity index (χ4n) is 1.07. The van der Waals surface area contributed by atoms with Gasteiger partial charge in [-0.2, -0.15) is 0 Å². The molecule has 1 amide bonds. The summed E-state index contributed by atoms with van der Waals surface area (Å²) in [6.07, 6.45) is 3.29. The van der Waals surface area contributed by atoms with Crippen molar-refractivity contribution in [3.8, 4) is 0 Å². The van der Waals surface area contributed by atoms with Crippen molar-refractivity contribution in [1.82, 2.24) is 4.90 Å². The number of carbonyl (C=O) groups is 1. The van der Waals surface area contributed by atoms with Crippen LogP contribution in [0.15, 0.2) is 0 Å². The number of methoxy groups -OCH3 is 1. The van der Waals surface area contributed by atoms with Crippen molar-refractivity contribution >= 4 is 6.09 Å². The second kappa shape index (κ2) is 2.90. The number of ether oxygens (including phenoxy) is 1. The molecule has 10 heavy (non-hydrogen) atoms. The lowest BCUT2D eigenvalue weighted by atomic mass is 9.92. The van der Waals surface area contributed by atoms with Gasteiger partial charge in [-0.15, -0.1) is 0 Å². The number of hydrogen-bond donors (Lipinski definition) is 0. The zero-order chi connectivity index (χ0) is 7.56. The normalized spacial score (nSPS) is 17.8. The van der Waals surface area contributed by atoms with Crippen LogP contribution < -0.4 is 0 Å². The van der Waals surface area contributed by atoms with Gasteiger partial charge in [0.2, 0.25) is 0 Å². The molecule has 3 heteroatoms. The minimum atomic E-state index is -0.218. The maximum absolute atomic E-state index is 10.8. The van der Waals surface area contributed by atoms with Crippen LogP contribution in [0.5, 0.6) is 0 Å². The van der Waals surface area contributed by atoms with Crippen LogP contribution in [0.4, 0.5) is 4.79 Å². The SMILES string of the molecule is COC(=O)N(C)C1CCC1. The maximum Gasteiger partial charge on any atom is 0.409 e. The van der Waals surface area contributed by atoms with Gasteiger partial charge >= 0.3 is 6.09 Å². The molecular weight excluding hydrogens is 130 g/mol. The molecule has 0 saturated heterocycles. The Hall–Kier alpha value is -0.730. The highest BCUT2D eigenvalue weighted by Crippen LogP contribution is 2.23. The molecule has 1 rings (SSSR count). The third-order valence-corrected chi connectivity index (χ3v) is 2.09. The number of amides is 1. The Balaban J connectivity index is 2.31. The van der Waals surface area contributed by atoms with E-state index in [1.54, 1.807) is 11.9 Å². The molecule has 0 heterocycles. The van der Waals surface area contributed by atoms with Crippen molar-refractivity contribution in [2.45, 2.75) is 25.3 Å². The second-order valence-corrected chi connectivity index (χ2v) is 2.67. The lowest BCUT2D eigenvalue weighted by Gasteiger charge is -2.33. The lowest BCUT2D eigenvalue weighted by Crippen LogP contribution is -2.41. The maximum atomic E-state index is 10.8. The summed E-state index contributed by atoms with van der Waals surface area (Å²) >= 11 is 0. The molecule has 1 saturated carbocycles. The van der Waals surface area contributed by atoms with E-state index in [0.29, 0.717) is 6.04 Å². The summed E-state index contributed by atoms with van der Waals surface area (Å²) in [5.74, 6) is 0. The fraction of sp³-hybridized carbons (Fsp3) is 0.857. The molecule has 0 aromatic rings. The summed E-state index contributed by atoms with van der Waals surface area (Å²) in [4.78, 5) is 12.5. The highest BCUT2D eigenvalue weighted by atomic mass is 16.5. The van der Waals surface area contributed by atoms with Crippen molar-refractivity contribution in [3.63, 3.8) is 0 Å². The minimum Gasteiger partial charge on any atom is -0.453 e. The average molecular weight is 143 g/mol. The summed E-state index contributed by atoms with van der Waals surface area (Å²) in [7, 11) is 3.20. The second-order valence-electron chi connectivity index (χ2n) is 2.67. The first kappa shape index (κ1) is 7.38. The zero-order valence-electron chi connectivity index (χ0n) is 6.46. The van der Waals surface area contributed by atoms with Crippen LogP contribution in [0.1, 0.15) is 19.3 Å². The summed E-state index contributed by atoms with van der Waals surface area (Å²) in [5, 5.41) is 0. The van der Waals surface area contributed by atoms with Crippen LogP contribution in [0.25, 0.3) is 0 Å². The van der Waals surface area contributed by atoms with Gasteiger partial charge in [-0.25, -0.2) is 4.79 Å². The van der Waals surface area contributed by atoms with E-state index in [9.17, 15) is 4.79 Å². The third-order valence-electron chi connectivity index (χ3n) is 2.09. The molecule has 1 aliphatic carbocycles. The highest BCUT2D eigenvalue weighted by molar-refractivity contribution is 5.67. The van der Waals surface area contributed by atoms with Crippen LogP contribution in [0.3, 0.4) is 0 Å². The van der Waals surface area contributed by atoms with Crippen LogP contribution in [0, 0.1) is 0 Å². The molecule has 58 valence electrons. The molecule has 0 aromatic carbocycles. The molecule has 0 bridgehead atoms. The Labute approximate surface area is 61.0 Å². The quantitative estimate of drug-likeness (QED) is 0.552. The molecule has 0 spiro atoms. The average Bonchev–Trinajstić information content (AvgIpc) is 1.82. The Kier molecular flexibility index (Phi) is 2.14. The number of hydrogen-bond acceptors (Lipinski definition) is 2. The summed E-state index contributed by atoms with van der Waals surface area (Å²) in [5.41, 5.74) is 0. The molecular formula is C7H13NO2. The van der Waals surface area contributed by atoms with E-state index in [1.165, 1.54) is 13.5 Å². The molecule has 0 aliphatic heterocycles. The number of rotatable bonds is 1. The van der Waals surface area contributed by atoms with Crippen molar-refractivity contribution in [2.75, 3.05) is 14.2 Å². The first-order chi connectivity index (χ1) is 4.75. The Morgan fingerprint density at radius 2 is 2.20 bits per heavy atom. The fourth-order valence-corrected chi connectivity index (χ4v) is 1.07. The summed E-state index contributed by atoms with van der Waals surface area (Å²) in [6.45, 7) is 0. The van der Waals surface area contributed by atoms with E-state index < -0.39 is 0 Å². The molecule has 1 fully saturated rings.